The van der Waals surface area contributed by atoms with Crippen LogP contribution in [0.15, 0.2) is 4.99 Å². The van der Waals surface area contributed by atoms with Crippen molar-refractivity contribution >= 4 is 17.9 Å². The fourth-order valence-electron chi connectivity index (χ4n) is 2.36. The Morgan fingerprint density at radius 2 is 2.10 bits per heavy atom. The van der Waals surface area contributed by atoms with Crippen LogP contribution in [0.2, 0.25) is 0 Å². The molecule has 2 aliphatic heterocycles. The summed E-state index contributed by atoms with van der Waals surface area (Å²) in [6.45, 7) is -0.205. The summed E-state index contributed by atoms with van der Waals surface area (Å²) in [5, 5.41) is 30.2. The van der Waals surface area contributed by atoms with Gasteiger partial charge in [-0.05, 0) is 0 Å². The lowest BCUT2D eigenvalue weighted by molar-refractivity contribution is -0.0252. The number of nitrogen functional groups attached to an aromatic ring is 1. The van der Waals surface area contributed by atoms with Gasteiger partial charge in [-0.2, -0.15) is 0 Å². The number of hydrogen-bond donors (Lipinski definition) is 5. The minimum Gasteiger partial charge on any atom is -0.394 e. The standard InChI is InChI=1S/C11H16N6O4/c12-9-4-1-14-3-17(13)11(4)16-10(15-9)8-7(20)6(19)5(2-18)21-8/h1,5-8,18-20H,2-3,13H2,(H2,12,15,16)/t5-,6-,7-,8-/m1/s1. The molecule has 1 aromatic heterocycles. The lowest BCUT2D eigenvalue weighted by Crippen LogP contribution is -2.36. The highest BCUT2D eigenvalue weighted by Gasteiger charge is 2.45. The molecule has 0 radical (unpaired) electrons. The Balaban J connectivity index is 1.99. The van der Waals surface area contributed by atoms with Gasteiger partial charge in [0.05, 0.1) is 12.2 Å². The van der Waals surface area contributed by atoms with Gasteiger partial charge in [-0.1, -0.05) is 0 Å². The molecule has 1 saturated heterocycles. The van der Waals surface area contributed by atoms with Gasteiger partial charge in [-0.3, -0.25) is 10.0 Å². The average molecular weight is 296 g/mol. The number of nitrogens with zero attached hydrogens (tertiary/aromatic N) is 4. The van der Waals surface area contributed by atoms with Crippen LogP contribution in [0, 0.1) is 0 Å². The topological polar surface area (TPSA) is 163 Å². The van der Waals surface area contributed by atoms with Crippen molar-refractivity contribution in [3.8, 4) is 0 Å². The SMILES string of the molecule is Nc1nc([C@@H]2O[C@H](CO)[C@@H](O)[C@H]2O)nc2c1C=NCN2N. The number of hydrazine groups is 1. The Labute approximate surface area is 119 Å². The Morgan fingerprint density at radius 1 is 1.33 bits per heavy atom. The van der Waals surface area contributed by atoms with Crippen molar-refractivity contribution in [1.82, 2.24) is 9.97 Å². The van der Waals surface area contributed by atoms with Gasteiger partial charge in [0, 0.05) is 6.21 Å². The molecule has 114 valence electrons. The van der Waals surface area contributed by atoms with E-state index in [0.29, 0.717) is 11.4 Å². The molecule has 10 heteroatoms. The Morgan fingerprint density at radius 3 is 2.76 bits per heavy atom. The smallest absolute Gasteiger partial charge is 0.164 e. The molecule has 0 unspecified atom stereocenters. The molecule has 21 heavy (non-hydrogen) atoms. The van der Waals surface area contributed by atoms with Crippen LogP contribution in [-0.4, -0.2) is 63.1 Å². The molecule has 0 bridgehead atoms. The third-order valence-electron chi connectivity index (χ3n) is 3.50. The number of ether oxygens (including phenoxy) is 1. The highest BCUT2D eigenvalue weighted by molar-refractivity contribution is 5.93. The molecule has 3 heterocycles. The zero-order valence-electron chi connectivity index (χ0n) is 11.0. The zero-order valence-corrected chi connectivity index (χ0v) is 11.0. The number of fused-ring (bicyclic) bond motifs is 1. The van der Waals surface area contributed by atoms with E-state index in [1.54, 1.807) is 0 Å². The van der Waals surface area contributed by atoms with Crippen LogP contribution >= 0.6 is 0 Å². The quantitative estimate of drug-likeness (QED) is 0.365. The Hall–Kier alpha value is -1.85. The Kier molecular flexibility index (Phi) is 3.47. The van der Waals surface area contributed by atoms with Crippen LogP contribution in [0.25, 0.3) is 0 Å². The van der Waals surface area contributed by atoms with Gasteiger partial charge in [-0.15, -0.1) is 0 Å². The van der Waals surface area contributed by atoms with Crippen LogP contribution in [0.4, 0.5) is 11.6 Å². The Bertz CT molecular complexity index is 582. The van der Waals surface area contributed by atoms with E-state index in [2.05, 4.69) is 15.0 Å². The van der Waals surface area contributed by atoms with E-state index >= 15 is 0 Å². The van der Waals surface area contributed by atoms with E-state index in [4.69, 9.17) is 21.4 Å². The van der Waals surface area contributed by atoms with Crippen molar-refractivity contribution in [1.29, 1.82) is 0 Å². The average Bonchev–Trinajstić information content (AvgIpc) is 2.76. The first-order valence-corrected chi connectivity index (χ1v) is 6.35. The molecular formula is C11H16N6O4. The second-order valence-electron chi connectivity index (χ2n) is 4.89. The third-order valence-corrected chi connectivity index (χ3v) is 3.50. The number of hydrogen-bond acceptors (Lipinski definition) is 10. The highest BCUT2D eigenvalue weighted by Crippen LogP contribution is 2.34. The van der Waals surface area contributed by atoms with Crippen molar-refractivity contribution < 1.29 is 20.1 Å². The lowest BCUT2D eigenvalue weighted by atomic mass is 10.1. The summed E-state index contributed by atoms with van der Waals surface area (Å²) in [7, 11) is 0. The highest BCUT2D eigenvalue weighted by atomic mass is 16.6. The maximum absolute atomic E-state index is 10.00. The fraction of sp³-hybridized carbons (Fsp3) is 0.545. The minimum absolute atomic E-state index is 0.0968. The first kappa shape index (κ1) is 14.1. The second kappa shape index (κ2) is 5.16. The van der Waals surface area contributed by atoms with E-state index in [9.17, 15) is 10.2 Å². The van der Waals surface area contributed by atoms with Gasteiger partial charge in [-0.25, -0.2) is 15.8 Å². The van der Waals surface area contributed by atoms with Crippen LogP contribution < -0.4 is 16.6 Å². The third kappa shape index (κ3) is 2.22. The van der Waals surface area contributed by atoms with Crippen LogP contribution in [-0.2, 0) is 4.74 Å². The molecule has 1 aromatic rings. The van der Waals surface area contributed by atoms with Crippen molar-refractivity contribution in [3.05, 3.63) is 11.4 Å². The summed E-state index contributed by atoms with van der Waals surface area (Å²) in [5.41, 5.74) is 6.33. The maximum Gasteiger partial charge on any atom is 0.164 e. The summed E-state index contributed by atoms with van der Waals surface area (Å²) in [6.07, 6.45) is -2.85. The number of aliphatic hydroxyl groups is 3. The molecule has 3 rings (SSSR count). The predicted molar refractivity (Wildman–Crippen MR) is 72.3 cm³/mol. The normalized spacial score (nSPS) is 31.5. The fourth-order valence-corrected chi connectivity index (χ4v) is 2.36. The molecule has 0 saturated carbocycles. The number of aliphatic hydroxyl groups excluding tert-OH is 3. The number of aliphatic imine (C=N–C) groups is 1. The van der Waals surface area contributed by atoms with Crippen LogP contribution in [0.3, 0.4) is 0 Å². The van der Waals surface area contributed by atoms with E-state index in [-0.39, 0.29) is 18.3 Å². The molecule has 2 aliphatic rings. The zero-order chi connectivity index (χ0) is 15.1. The van der Waals surface area contributed by atoms with E-state index in [1.165, 1.54) is 11.2 Å². The molecule has 4 atom stereocenters. The van der Waals surface area contributed by atoms with Crippen LogP contribution in [0.5, 0.6) is 0 Å². The monoisotopic (exact) mass is 296 g/mol. The number of rotatable bonds is 2. The van der Waals surface area contributed by atoms with E-state index < -0.39 is 31.0 Å². The van der Waals surface area contributed by atoms with Gasteiger partial charge in [0.1, 0.15) is 36.9 Å². The largest absolute Gasteiger partial charge is 0.394 e. The summed E-state index contributed by atoms with van der Waals surface area (Å²) < 4.78 is 5.38. The summed E-state index contributed by atoms with van der Waals surface area (Å²) in [6, 6.07) is 0. The van der Waals surface area contributed by atoms with Gasteiger partial charge >= 0.3 is 0 Å². The molecule has 7 N–H and O–H groups in total. The molecule has 10 nitrogen and oxygen atoms in total. The molecule has 0 spiro atoms. The predicted octanol–water partition coefficient (Wildman–Crippen LogP) is -2.72. The van der Waals surface area contributed by atoms with Crippen molar-refractivity contribution in [2.75, 3.05) is 24.0 Å². The minimum atomic E-state index is -1.26. The molecule has 1 fully saturated rings. The number of aromatic nitrogens is 2. The maximum atomic E-state index is 10.00. The molecular weight excluding hydrogens is 280 g/mol. The molecule has 0 amide bonds. The number of anilines is 2. The summed E-state index contributed by atoms with van der Waals surface area (Å²) in [4.78, 5) is 12.3. The van der Waals surface area contributed by atoms with Crippen molar-refractivity contribution in [3.63, 3.8) is 0 Å². The molecule has 0 aliphatic carbocycles. The van der Waals surface area contributed by atoms with Crippen molar-refractivity contribution in [2.24, 2.45) is 10.8 Å². The summed E-state index contributed by atoms with van der Waals surface area (Å²) in [5.74, 6) is 6.39. The van der Waals surface area contributed by atoms with E-state index in [1.807, 2.05) is 0 Å². The second-order valence-corrected chi connectivity index (χ2v) is 4.89. The first-order valence-electron chi connectivity index (χ1n) is 6.35. The van der Waals surface area contributed by atoms with E-state index in [0.717, 1.165) is 0 Å². The molecule has 0 aromatic carbocycles. The van der Waals surface area contributed by atoms with Crippen LogP contribution in [0.1, 0.15) is 17.5 Å². The van der Waals surface area contributed by atoms with Crippen molar-refractivity contribution in [2.45, 2.75) is 24.4 Å². The van der Waals surface area contributed by atoms with Gasteiger partial charge in [0.2, 0.25) is 0 Å². The lowest BCUT2D eigenvalue weighted by Gasteiger charge is -2.23. The van der Waals surface area contributed by atoms with Gasteiger partial charge in [0.15, 0.2) is 11.6 Å². The number of nitrogens with two attached hydrogens (primary N) is 2. The first-order chi connectivity index (χ1) is 10.0. The van der Waals surface area contributed by atoms with Gasteiger partial charge in [0.25, 0.3) is 0 Å². The summed E-state index contributed by atoms with van der Waals surface area (Å²) >= 11 is 0. The van der Waals surface area contributed by atoms with Gasteiger partial charge < -0.3 is 25.8 Å².